The zero-order valence-electron chi connectivity index (χ0n) is 31.1. The molecule has 9 rings (SSSR count). The molecule has 0 unspecified atom stereocenters. The minimum absolute atomic E-state index is 0.182. The number of fused-ring (bicyclic) bond motifs is 3. The van der Waals surface area contributed by atoms with Gasteiger partial charge < -0.3 is 0 Å². The van der Waals surface area contributed by atoms with Crippen molar-refractivity contribution in [2.24, 2.45) is 0 Å². The first-order chi connectivity index (χ1) is 26.4. The van der Waals surface area contributed by atoms with Gasteiger partial charge in [0.1, 0.15) is 0 Å². The number of aromatic nitrogens is 3. The van der Waals surface area contributed by atoms with Gasteiger partial charge in [0.05, 0.1) is 6.85 Å². The number of rotatable bonds is 6. The van der Waals surface area contributed by atoms with Crippen molar-refractivity contribution >= 4 is 31.5 Å². The monoisotopic (exact) mass is 648 g/mol. The molecule has 0 aliphatic heterocycles. The predicted octanol–water partition coefficient (Wildman–Crippen LogP) is 12.2. The first kappa shape index (κ1) is 24.0. The molecular formula is C45H29N3S. The summed E-state index contributed by atoms with van der Waals surface area (Å²) in [7, 11) is 0. The van der Waals surface area contributed by atoms with Crippen molar-refractivity contribution in [3.8, 4) is 67.5 Å². The van der Waals surface area contributed by atoms with Crippen molar-refractivity contribution < 1.29 is 6.85 Å². The van der Waals surface area contributed by atoms with Crippen LogP contribution in [0.4, 0.5) is 0 Å². The fraction of sp³-hybridized carbons (Fsp3) is 0. The van der Waals surface area contributed by atoms with Crippen LogP contribution in [0.25, 0.3) is 87.7 Å². The van der Waals surface area contributed by atoms with E-state index >= 15 is 0 Å². The van der Waals surface area contributed by atoms with Crippen molar-refractivity contribution in [1.29, 1.82) is 0 Å². The fourth-order valence-corrected chi connectivity index (χ4v) is 7.56. The number of nitrogens with zero attached hydrogens (tertiary/aromatic N) is 3. The van der Waals surface area contributed by atoms with Crippen molar-refractivity contribution in [1.82, 2.24) is 15.0 Å². The molecular weight excluding hydrogens is 615 g/mol. The zero-order chi connectivity index (χ0) is 36.9. The SMILES string of the molecule is [2H]c1c([2H])c([2H])c(-c2cccc3c2sc2cccc(-c4nc(-c5cccc(-c6ccccc6)c5)nc(-c5cccc(-c6ccccc6)c5)n4)c23)c([2H])c1[2H]. The van der Waals surface area contributed by atoms with Crippen LogP contribution in [0.2, 0.25) is 0 Å². The van der Waals surface area contributed by atoms with Gasteiger partial charge >= 0.3 is 0 Å². The Morgan fingerprint density at radius 2 is 0.918 bits per heavy atom. The minimum Gasteiger partial charge on any atom is -0.208 e. The average molecular weight is 649 g/mol. The summed E-state index contributed by atoms with van der Waals surface area (Å²) in [4.78, 5) is 15.4. The lowest BCUT2D eigenvalue weighted by molar-refractivity contribution is 1.08. The molecule has 4 heteroatoms. The van der Waals surface area contributed by atoms with Gasteiger partial charge in [0.2, 0.25) is 0 Å². The van der Waals surface area contributed by atoms with E-state index in [1.165, 1.54) is 11.3 Å². The maximum absolute atomic E-state index is 8.72. The molecule has 0 saturated heterocycles. The molecule has 0 saturated carbocycles. The lowest BCUT2D eigenvalue weighted by Gasteiger charge is -2.11. The number of hydrogen-bond donors (Lipinski definition) is 0. The van der Waals surface area contributed by atoms with Crippen LogP contribution in [0.15, 0.2) is 176 Å². The number of thiophene rings is 1. The molecule has 7 aromatic carbocycles. The molecule has 3 nitrogen and oxygen atoms in total. The second-order valence-corrected chi connectivity index (χ2v) is 12.7. The van der Waals surface area contributed by atoms with Gasteiger partial charge in [-0.05, 0) is 51.6 Å². The summed E-state index contributed by atoms with van der Waals surface area (Å²) < 4.78 is 44.0. The molecule has 0 bridgehead atoms. The smallest absolute Gasteiger partial charge is 0.164 e. The van der Waals surface area contributed by atoms with E-state index in [4.69, 9.17) is 21.8 Å². The molecule has 49 heavy (non-hydrogen) atoms. The van der Waals surface area contributed by atoms with E-state index in [1.54, 1.807) is 0 Å². The quantitative estimate of drug-likeness (QED) is 0.180. The van der Waals surface area contributed by atoms with Crippen molar-refractivity contribution in [2.45, 2.75) is 0 Å². The molecule has 0 spiro atoms. The Balaban J connectivity index is 1.27. The van der Waals surface area contributed by atoms with Crippen LogP contribution in [0, 0.1) is 0 Å². The molecule has 230 valence electrons. The molecule has 9 aromatic rings. The first-order valence-corrected chi connectivity index (χ1v) is 16.8. The highest BCUT2D eigenvalue weighted by atomic mass is 32.1. The van der Waals surface area contributed by atoms with Gasteiger partial charge in [0.25, 0.3) is 0 Å². The van der Waals surface area contributed by atoms with Gasteiger partial charge in [0.15, 0.2) is 17.5 Å². The van der Waals surface area contributed by atoms with Gasteiger partial charge in [-0.3, -0.25) is 0 Å². The van der Waals surface area contributed by atoms with Crippen LogP contribution >= 0.6 is 11.3 Å². The third-order valence-corrected chi connectivity index (χ3v) is 9.83. The molecule has 0 aliphatic rings. The van der Waals surface area contributed by atoms with Crippen molar-refractivity contribution in [2.75, 3.05) is 0 Å². The van der Waals surface area contributed by atoms with Crippen LogP contribution in [0.3, 0.4) is 0 Å². The lowest BCUT2D eigenvalue weighted by Crippen LogP contribution is -2.00. The highest BCUT2D eigenvalue weighted by Gasteiger charge is 2.19. The molecule has 0 amide bonds. The highest BCUT2D eigenvalue weighted by Crippen LogP contribution is 2.43. The fourth-order valence-electron chi connectivity index (χ4n) is 6.31. The Bertz CT molecular complexity index is 2760. The third kappa shape index (κ3) is 5.48. The van der Waals surface area contributed by atoms with Gasteiger partial charge in [0, 0.05) is 36.9 Å². The van der Waals surface area contributed by atoms with E-state index in [9.17, 15) is 0 Å². The normalized spacial score (nSPS) is 12.7. The Labute approximate surface area is 295 Å². The summed E-state index contributed by atoms with van der Waals surface area (Å²) in [6.07, 6.45) is 0. The average Bonchev–Trinajstić information content (AvgIpc) is 3.63. The van der Waals surface area contributed by atoms with E-state index in [2.05, 4.69) is 48.5 Å². The largest absolute Gasteiger partial charge is 0.208 e. The third-order valence-electron chi connectivity index (χ3n) is 8.62. The molecule has 0 aliphatic carbocycles. The van der Waals surface area contributed by atoms with Crippen LogP contribution in [0.5, 0.6) is 0 Å². The predicted molar refractivity (Wildman–Crippen MR) is 205 cm³/mol. The summed E-state index contributed by atoms with van der Waals surface area (Å²) >= 11 is 1.52. The molecule has 0 atom stereocenters. The lowest BCUT2D eigenvalue weighted by atomic mass is 10.00. The van der Waals surface area contributed by atoms with E-state index in [0.29, 0.717) is 23.0 Å². The summed E-state index contributed by atoms with van der Waals surface area (Å²) in [5.41, 5.74) is 7.56. The number of hydrogen-bond acceptors (Lipinski definition) is 4. The summed E-state index contributed by atoms with van der Waals surface area (Å²) in [5, 5.41) is 1.81. The second kappa shape index (κ2) is 12.4. The Kier molecular flexibility index (Phi) is 6.08. The zero-order valence-corrected chi connectivity index (χ0v) is 26.9. The van der Waals surface area contributed by atoms with Crippen LogP contribution in [0.1, 0.15) is 6.85 Å². The van der Waals surface area contributed by atoms with Crippen LogP contribution < -0.4 is 0 Å². The molecule has 2 heterocycles. The molecule has 0 radical (unpaired) electrons. The molecule has 0 fully saturated rings. The molecule has 2 aromatic heterocycles. The standard InChI is InChI=1S/C45H29N3S/c1-4-14-30(15-5-1)33-20-10-22-35(28-33)43-46-44(36-23-11-21-34(29-36)31-16-6-2-7-17-31)48-45(47-43)39-26-13-27-40-41(39)38-25-12-24-37(42(38)49-40)32-18-8-3-9-19-32/h1-29H/i3D,8D,9D,18D,19D. The highest BCUT2D eigenvalue weighted by molar-refractivity contribution is 7.26. The summed E-state index contributed by atoms with van der Waals surface area (Å²) in [5.74, 6) is 1.58. The number of benzene rings is 7. The van der Waals surface area contributed by atoms with Crippen LogP contribution in [-0.4, -0.2) is 15.0 Å². The maximum atomic E-state index is 8.72. The van der Waals surface area contributed by atoms with Crippen LogP contribution in [-0.2, 0) is 0 Å². The Morgan fingerprint density at radius 1 is 0.408 bits per heavy atom. The van der Waals surface area contributed by atoms with Gasteiger partial charge in [-0.25, -0.2) is 15.0 Å². The van der Waals surface area contributed by atoms with Gasteiger partial charge in [-0.2, -0.15) is 0 Å². The van der Waals surface area contributed by atoms with Crippen molar-refractivity contribution in [3.05, 3.63) is 176 Å². The summed E-state index contributed by atoms with van der Waals surface area (Å²) in [6.45, 7) is 0. The maximum Gasteiger partial charge on any atom is 0.164 e. The van der Waals surface area contributed by atoms with Gasteiger partial charge in [-0.1, -0.05) is 158 Å². The Morgan fingerprint density at radius 3 is 1.55 bits per heavy atom. The topological polar surface area (TPSA) is 38.7 Å². The minimum atomic E-state index is -0.412. The molecule has 0 N–H and O–H groups in total. The van der Waals surface area contributed by atoms with E-state index in [-0.39, 0.29) is 29.7 Å². The Hall–Kier alpha value is -6.23. The van der Waals surface area contributed by atoms with Crippen molar-refractivity contribution in [3.63, 3.8) is 0 Å². The first-order valence-electron chi connectivity index (χ1n) is 18.5. The second-order valence-electron chi connectivity index (χ2n) is 11.7. The van der Waals surface area contributed by atoms with E-state index in [1.807, 2.05) is 97.1 Å². The van der Waals surface area contributed by atoms with Gasteiger partial charge in [-0.15, -0.1) is 11.3 Å². The van der Waals surface area contributed by atoms with E-state index < -0.39 is 6.04 Å². The summed E-state index contributed by atoms with van der Waals surface area (Å²) in [6, 6.07) is 47.0. The van der Waals surface area contributed by atoms with E-state index in [0.717, 1.165) is 59.1 Å².